The predicted molar refractivity (Wildman–Crippen MR) is 50.5 cm³/mol. The summed E-state index contributed by atoms with van der Waals surface area (Å²) in [7, 11) is 0. The number of carboxylic acid groups (broad SMARTS) is 1. The summed E-state index contributed by atoms with van der Waals surface area (Å²) in [5.41, 5.74) is -0.850. The van der Waals surface area contributed by atoms with E-state index < -0.39 is 17.5 Å². The second kappa shape index (κ2) is 5.28. The van der Waals surface area contributed by atoms with Crippen LogP contribution in [0.15, 0.2) is 0 Å². The molecule has 0 spiro atoms. The number of carboxylic acids is 1. The fourth-order valence-electron chi connectivity index (χ4n) is 0.731. The molecule has 4 heteroatoms. The fraction of sp³-hybridized carbons (Fsp3) is 0.600. The zero-order valence-electron chi connectivity index (χ0n) is 8.59. The lowest BCUT2D eigenvalue weighted by molar-refractivity contribution is -0.172. The van der Waals surface area contributed by atoms with Gasteiger partial charge in [0.15, 0.2) is 0 Å². The molecule has 0 unspecified atom stereocenters. The summed E-state index contributed by atoms with van der Waals surface area (Å²) in [5.74, 6) is 2.79. The quantitative estimate of drug-likeness (QED) is 0.411. The molecule has 78 valence electrons. The standard InChI is InChI=1S/C10H14O4/c1-4-5-6-7-10(2,3)14-9(13)8(11)12/h4,7H2,1-3H3,(H,11,12). The summed E-state index contributed by atoms with van der Waals surface area (Å²) in [5, 5.41) is 8.31. The molecule has 0 atom stereocenters. The monoisotopic (exact) mass is 198 g/mol. The lowest BCUT2D eigenvalue weighted by Crippen LogP contribution is -2.31. The van der Waals surface area contributed by atoms with Crippen molar-refractivity contribution in [1.29, 1.82) is 0 Å². The number of ether oxygens (including phenoxy) is 1. The van der Waals surface area contributed by atoms with Gasteiger partial charge >= 0.3 is 11.9 Å². The molecule has 0 saturated carbocycles. The van der Waals surface area contributed by atoms with Gasteiger partial charge in [0, 0.05) is 12.8 Å². The third-order valence-electron chi connectivity index (χ3n) is 1.36. The summed E-state index contributed by atoms with van der Waals surface area (Å²) >= 11 is 0. The Bertz CT molecular complexity index is 280. The SMILES string of the molecule is CCC#CCC(C)(C)OC(=O)C(=O)O. The van der Waals surface area contributed by atoms with Crippen molar-refractivity contribution in [3.63, 3.8) is 0 Å². The molecule has 0 aromatic carbocycles. The first-order valence-corrected chi connectivity index (χ1v) is 4.31. The number of carbonyl (C=O) groups is 2. The normalized spacial score (nSPS) is 9.93. The zero-order valence-corrected chi connectivity index (χ0v) is 8.59. The van der Waals surface area contributed by atoms with Crippen molar-refractivity contribution in [3.8, 4) is 11.8 Å². The van der Waals surface area contributed by atoms with Gasteiger partial charge in [0.05, 0.1) is 0 Å². The van der Waals surface area contributed by atoms with Crippen LogP contribution in [0.2, 0.25) is 0 Å². The lowest BCUT2D eigenvalue weighted by atomic mass is 10.1. The average molecular weight is 198 g/mol. The minimum absolute atomic E-state index is 0.333. The molecule has 1 N–H and O–H groups in total. The number of esters is 1. The first-order chi connectivity index (χ1) is 6.39. The van der Waals surface area contributed by atoms with Gasteiger partial charge in [0.25, 0.3) is 0 Å². The molecular formula is C10H14O4. The Morgan fingerprint density at radius 3 is 2.36 bits per heavy atom. The number of aliphatic carboxylic acids is 1. The third kappa shape index (κ3) is 5.20. The highest BCUT2D eigenvalue weighted by Gasteiger charge is 2.25. The van der Waals surface area contributed by atoms with Crippen molar-refractivity contribution in [1.82, 2.24) is 0 Å². The van der Waals surface area contributed by atoms with Gasteiger partial charge in [-0.15, -0.1) is 5.92 Å². The second-order valence-corrected chi connectivity index (χ2v) is 3.34. The average Bonchev–Trinajstić information content (AvgIpc) is 2.03. The number of hydrogen-bond donors (Lipinski definition) is 1. The van der Waals surface area contributed by atoms with Gasteiger partial charge in [-0.1, -0.05) is 12.8 Å². The molecule has 0 amide bonds. The predicted octanol–water partition coefficient (Wildman–Crippen LogP) is 1.20. The molecule has 0 aromatic heterocycles. The van der Waals surface area contributed by atoms with Crippen LogP contribution in [0.5, 0.6) is 0 Å². The fourth-order valence-corrected chi connectivity index (χ4v) is 0.731. The van der Waals surface area contributed by atoms with Crippen molar-refractivity contribution in [3.05, 3.63) is 0 Å². The highest BCUT2D eigenvalue weighted by molar-refractivity contribution is 6.28. The van der Waals surface area contributed by atoms with Crippen LogP contribution in [-0.4, -0.2) is 22.6 Å². The molecule has 0 radical (unpaired) electrons. The Morgan fingerprint density at radius 2 is 1.93 bits per heavy atom. The molecule has 0 heterocycles. The molecule has 0 aliphatic heterocycles. The molecule has 14 heavy (non-hydrogen) atoms. The smallest absolute Gasteiger partial charge is 0.417 e. The first kappa shape index (κ1) is 12.5. The van der Waals surface area contributed by atoms with E-state index in [1.54, 1.807) is 13.8 Å². The van der Waals surface area contributed by atoms with Gasteiger partial charge in [-0.25, -0.2) is 9.59 Å². The van der Waals surface area contributed by atoms with Gasteiger partial charge < -0.3 is 9.84 Å². The zero-order chi connectivity index (χ0) is 11.2. The summed E-state index contributed by atoms with van der Waals surface area (Å²) in [4.78, 5) is 20.9. The van der Waals surface area contributed by atoms with Crippen LogP contribution in [0.25, 0.3) is 0 Å². The van der Waals surface area contributed by atoms with Crippen LogP contribution < -0.4 is 0 Å². The third-order valence-corrected chi connectivity index (χ3v) is 1.36. The topological polar surface area (TPSA) is 63.6 Å². The Kier molecular flexibility index (Phi) is 4.71. The van der Waals surface area contributed by atoms with Gasteiger partial charge in [0.2, 0.25) is 0 Å². The summed E-state index contributed by atoms with van der Waals surface area (Å²) in [6.45, 7) is 5.15. The molecule has 0 bridgehead atoms. The van der Waals surface area contributed by atoms with E-state index in [1.165, 1.54) is 0 Å². The van der Waals surface area contributed by atoms with Crippen LogP contribution in [0.3, 0.4) is 0 Å². The molecule has 0 aliphatic rings. The van der Waals surface area contributed by atoms with E-state index in [2.05, 4.69) is 11.8 Å². The molecule has 0 aromatic rings. The van der Waals surface area contributed by atoms with Crippen LogP contribution in [0, 0.1) is 11.8 Å². The van der Waals surface area contributed by atoms with Crippen molar-refractivity contribution in [2.24, 2.45) is 0 Å². The summed E-state index contributed by atoms with van der Waals surface area (Å²) in [6, 6.07) is 0. The maximum absolute atomic E-state index is 10.7. The Balaban J connectivity index is 4.20. The van der Waals surface area contributed by atoms with Crippen molar-refractivity contribution in [2.75, 3.05) is 0 Å². The number of hydrogen-bond acceptors (Lipinski definition) is 3. The Labute approximate surface area is 83.3 Å². The number of carbonyl (C=O) groups excluding carboxylic acids is 1. The molecular weight excluding hydrogens is 184 g/mol. The van der Waals surface area contributed by atoms with Gasteiger partial charge in [-0.3, -0.25) is 0 Å². The van der Waals surface area contributed by atoms with E-state index in [0.29, 0.717) is 6.42 Å². The van der Waals surface area contributed by atoms with Gasteiger partial charge in [-0.05, 0) is 13.8 Å². The van der Waals surface area contributed by atoms with E-state index >= 15 is 0 Å². The van der Waals surface area contributed by atoms with Crippen LogP contribution in [0.4, 0.5) is 0 Å². The van der Waals surface area contributed by atoms with Crippen molar-refractivity contribution >= 4 is 11.9 Å². The largest absolute Gasteiger partial charge is 0.473 e. The summed E-state index contributed by atoms with van der Waals surface area (Å²) in [6.07, 6.45) is 1.06. The first-order valence-electron chi connectivity index (χ1n) is 4.31. The Morgan fingerprint density at radius 1 is 1.36 bits per heavy atom. The molecule has 0 saturated heterocycles. The maximum Gasteiger partial charge on any atom is 0.417 e. The van der Waals surface area contributed by atoms with Gasteiger partial charge in [0.1, 0.15) is 5.60 Å². The van der Waals surface area contributed by atoms with E-state index in [0.717, 1.165) is 6.42 Å². The maximum atomic E-state index is 10.7. The van der Waals surface area contributed by atoms with E-state index in [4.69, 9.17) is 9.84 Å². The highest BCUT2D eigenvalue weighted by atomic mass is 16.6. The lowest BCUT2D eigenvalue weighted by Gasteiger charge is -2.21. The Hall–Kier alpha value is -1.50. The van der Waals surface area contributed by atoms with E-state index in [-0.39, 0.29) is 0 Å². The van der Waals surface area contributed by atoms with Crippen molar-refractivity contribution in [2.45, 2.75) is 39.2 Å². The van der Waals surface area contributed by atoms with Crippen LogP contribution >= 0.6 is 0 Å². The van der Waals surface area contributed by atoms with Crippen LogP contribution in [0.1, 0.15) is 33.6 Å². The van der Waals surface area contributed by atoms with Gasteiger partial charge in [-0.2, -0.15) is 0 Å². The van der Waals surface area contributed by atoms with Crippen molar-refractivity contribution < 1.29 is 19.4 Å². The molecule has 0 rings (SSSR count). The number of rotatable bonds is 2. The van der Waals surface area contributed by atoms with E-state index in [9.17, 15) is 9.59 Å². The minimum Gasteiger partial charge on any atom is -0.473 e. The molecule has 0 aliphatic carbocycles. The highest BCUT2D eigenvalue weighted by Crippen LogP contribution is 2.13. The second-order valence-electron chi connectivity index (χ2n) is 3.34. The molecule has 0 fully saturated rings. The van der Waals surface area contributed by atoms with Crippen LogP contribution in [-0.2, 0) is 14.3 Å². The van der Waals surface area contributed by atoms with E-state index in [1.807, 2.05) is 6.92 Å². The molecule has 4 nitrogen and oxygen atoms in total. The summed E-state index contributed by atoms with van der Waals surface area (Å²) < 4.78 is 4.70. The minimum atomic E-state index is -1.58.